The molecule has 1 saturated heterocycles. The van der Waals surface area contributed by atoms with Crippen LogP contribution in [-0.2, 0) is 4.79 Å². The summed E-state index contributed by atoms with van der Waals surface area (Å²) in [6, 6.07) is 1.79. The minimum atomic E-state index is 0.0683. The molecule has 1 amide bonds. The molecule has 15 heavy (non-hydrogen) atoms. The lowest BCUT2D eigenvalue weighted by Crippen LogP contribution is -2.30. The van der Waals surface area contributed by atoms with Gasteiger partial charge < -0.3 is 10.2 Å². The number of carbonyl (C=O) groups excluding carboxylic acids is 1. The molecule has 80 valence electrons. The van der Waals surface area contributed by atoms with Crippen LogP contribution in [0.1, 0.15) is 6.42 Å². The van der Waals surface area contributed by atoms with Crippen molar-refractivity contribution in [2.75, 3.05) is 25.0 Å². The maximum Gasteiger partial charge on any atom is 0.225 e. The van der Waals surface area contributed by atoms with E-state index >= 15 is 0 Å². The quantitative estimate of drug-likeness (QED) is 0.742. The molecule has 2 heterocycles. The molecule has 2 rings (SSSR count). The van der Waals surface area contributed by atoms with Crippen LogP contribution in [0.25, 0.3) is 0 Å². The number of hydrogen-bond acceptors (Lipinski definition) is 4. The number of amides is 1. The Hall–Kier alpha value is -1.65. The van der Waals surface area contributed by atoms with Crippen molar-refractivity contribution in [2.45, 2.75) is 6.42 Å². The fraction of sp³-hybridized carbons (Fsp3) is 0.500. The summed E-state index contributed by atoms with van der Waals surface area (Å²) in [6.07, 6.45) is 4.31. The number of rotatable bonds is 2. The molecule has 1 aromatic heterocycles. The third-order valence-corrected chi connectivity index (χ3v) is 2.64. The molecule has 5 heteroatoms. The van der Waals surface area contributed by atoms with E-state index in [2.05, 4.69) is 15.3 Å². The molecule has 0 spiro atoms. The largest absolute Gasteiger partial charge is 0.359 e. The van der Waals surface area contributed by atoms with E-state index in [1.165, 1.54) is 0 Å². The number of aromatic nitrogens is 2. The summed E-state index contributed by atoms with van der Waals surface area (Å²) < 4.78 is 0. The van der Waals surface area contributed by atoms with Gasteiger partial charge in [0.25, 0.3) is 0 Å². The molecule has 1 N–H and O–H groups in total. The number of nitrogens with zero attached hydrogens (tertiary/aromatic N) is 3. The van der Waals surface area contributed by atoms with Gasteiger partial charge in [-0.2, -0.15) is 0 Å². The first kappa shape index (κ1) is 9.89. The van der Waals surface area contributed by atoms with Crippen LogP contribution >= 0.6 is 0 Å². The summed E-state index contributed by atoms with van der Waals surface area (Å²) in [5, 5.41) is 2.67. The third kappa shape index (κ3) is 2.06. The smallest absolute Gasteiger partial charge is 0.225 e. The van der Waals surface area contributed by atoms with Gasteiger partial charge in [-0.1, -0.05) is 0 Å². The minimum absolute atomic E-state index is 0.0683. The fourth-order valence-electron chi connectivity index (χ4n) is 1.81. The number of hydrogen-bond donors (Lipinski definition) is 1. The number of nitrogens with one attached hydrogen (secondary N) is 1. The Labute approximate surface area is 88.5 Å². The summed E-state index contributed by atoms with van der Waals surface area (Å²) in [6.45, 7) is 1.56. The maximum absolute atomic E-state index is 11.4. The Morgan fingerprint density at radius 2 is 2.27 bits per heavy atom. The predicted molar refractivity (Wildman–Crippen MR) is 56.4 cm³/mol. The second-order valence-corrected chi connectivity index (χ2v) is 3.59. The summed E-state index contributed by atoms with van der Waals surface area (Å²) in [4.78, 5) is 21.8. The van der Waals surface area contributed by atoms with Gasteiger partial charge in [0.15, 0.2) is 0 Å². The molecular formula is C10H14N4O. The van der Waals surface area contributed by atoms with Crippen LogP contribution in [0.3, 0.4) is 0 Å². The average Bonchev–Trinajstić information content (AvgIpc) is 2.78. The first-order chi connectivity index (χ1) is 7.31. The third-order valence-electron chi connectivity index (χ3n) is 2.64. The van der Waals surface area contributed by atoms with Crippen molar-refractivity contribution in [1.82, 2.24) is 15.3 Å². The molecule has 0 saturated carbocycles. The highest BCUT2D eigenvalue weighted by Crippen LogP contribution is 2.19. The van der Waals surface area contributed by atoms with E-state index in [9.17, 15) is 4.79 Å². The van der Waals surface area contributed by atoms with Gasteiger partial charge in [-0.15, -0.1) is 0 Å². The molecule has 1 aliphatic heterocycles. The summed E-state index contributed by atoms with van der Waals surface area (Å²) in [5.41, 5.74) is 0. The van der Waals surface area contributed by atoms with Crippen LogP contribution < -0.4 is 10.2 Å². The zero-order valence-electron chi connectivity index (χ0n) is 8.68. The van der Waals surface area contributed by atoms with Gasteiger partial charge in [0.1, 0.15) is 0 Å². The lowest BCUT2D eigenvalue weighted by Gasteiger charge is -2.15. The highest BCUT2D eigenvalue weighted by molar-refractivity contribution is 5.79. The van der Waals surface area contributed by atoms with Crippen molar-refractivity contribution in [1.29, 1.82) is 0 Å². The molecular weight excluding hydrogens is 192 g/mol. The number of anilines is 1. The summed E-state index contributed by atoms with van der Waals surface area (Å²) in [5.74, 6) is 0.885. The first-order valence-corrected chi connectivity index (χ1v) is 5.05. The van der Waals surface area contributed by atoms with Gasteiger partial charge in [0.05, 0.1) is 5.92 Å². The zero-order valence-corrected chi connectivity index (χ0v) is 8.68. The van der Waals surface area contributed by atoms with Gasteiger partial charge in [-0.05, 0) is 12.5 Å². The van der Waals surface area contributed by atoms with Gasteiger partial charge >= 0.3 is 0 Å². The topological polar surface area (TPSA) is 58.1 Å². The fourth-order valence-corrected chi connectivity index (χ4v) is 1.81. The van der Waals surface area contributed by atoms with Gasteiger partial charge in [0.2, 0.25) is 11.9 Å². The van der Waals surface area contributed by atoms with E-state index in [1.807, 2.05) is 4.90 Å². The van der Waals surface area contributed by atoms with Gasteiger partial charge in [0, 0.05) is 32.5 Å². The molecule has 0 radical (unpaired) electrons. The molecule has 5 nitrogen and oxygen atoms in total. The van der Waals surface area contributed by atoms with Gasteiger partial charge in [-0.3, -0.25) is 4.79 Å². The SMILES string of the molecule is CNC(=O)[C@H]1CCN(c2ncccn2)C1. The van der Waals surface area contributed by atoms with Crippen LogP contribution in [0.2, 0.25) is 0 Å². The second-order valence-electron chi connectivity index (χ2n) is 3.59. The van der Waals surface area contributed by atoms with Crippen molar-refractivity contribution in [2.24, 2.45) is 5.92 Å². The van der Waals surface area contributed by atoms with Crippen molar-refractivity contribution < 1.29 is 4.79 Å². The molecule has 1 aromatic rings. The van der Waals surface area contributed by atoms with E-state index < -0.39 is 0 Å². The van der Waals surface area contributed by atoms with E-state index in [4.69, 9.17) is 0 Å². The lowest BCUT2D eigenvalue weighted by molar-refractivity contribution is -0.123. The second kappa shape index (κ2) is 4.25. The Balaban J connectivity index is 2.02. The first-order valence-electron chi connectivity index (χ1n) is 5.05. The monoisotopic (exact) mass is 206 g/mol. The molecule has 1 aliphatic rings. The molecule has 0 aromatic carbocycles. The standard InChI is InChI=1S/C10H14N4O/c1-11-9(15)8-3-6-14(7-8)10-12-4-2-5-13-10/h2,4-5,8H,3,6-7H2,1H3,(H,11,15)/t8-/m0/s1. The Kier molecular flexibility index (Phi) is 2.80. The average molecular weight is 206 g/mol. The molecule has 1 atom stereocenters. The van der Waals surface area contributed by atoms with Crippen LogP contribution in [0, 0.1) is 5.92 Å². The van der Waals surface area contributed by atoms with E-state index in [-0.39, 0.29) is 11.8 Å². The Bertz CT molecular complexity index is 341. The van der Waals surface area contributed by atoms with Crippen LogP contribution in [0.15, 0.2) is 18.5 Å². The molecule has 1 fully saturated rings. The lowest BCUT2D eigenvalue weighted by atomic mass is 10.1. The predicted octanol–water partition coefficient (Wildman–Crippen LogP) is 0.0489. The van der Waals surface area contributed by atoms with Gasteiger partial charge in [-0.25, -0.2) is 9.97 Å². The summed E-state index contributed by atoms with van der Waals surface area (Å²) in [7, 11) is 1.67. The van der Waals surface area contributed by atoms with E-state index in [0.29, 0.717) is 12.5 Å². The minimum Gasteiger partial charge on any atom is -0.359 e. The van der Waals surface area contributed by atoms with Crippen molar-refractivity contribution in [3.05, 3.63) is 18.5 Å². The van der Waals surface area contributed by atoms with Crippen molar-refractivity contribution in [3.63, 3.8) is 0 Å². The molecule has 0 bridgehead atoms. The Morgan fingerprint density at radius 3 is 2.93 bits per heavy atom. The molecule has 0 unspecified atom stereocenters. The normalized spacial score (nSPS) is 20.3. The van der Waals surface area contributed by atoms with Crippen LogP contribution in [0.5, 0.6) is 0 Å². The van der Waals surface area contributed by atoms with Crippen LogP contribution in [0.4, 0.5) is 5.95 Å². The highest BCUT2D eigenvalue weighted by atomic mass is 16.1. The zero-order chi connectivity index (χ0) is 10.7. The van der Waals surface area contributed by atoms with E-state index in [0.717, 1.165) is 13.0 Å². The summed E-state index contributed by atoms with van der Waals surface area (Å²) >= 11 is 0. The molecule has 0 aliphatic carbocycles. The number of carbonyl (C=O) groups is 1. The van der Waals surface area contributed by atoms with Crippen LogP contribution in [-0.4, -0.2) is 36.0 Å². The van der Waals surface area contributed by atoms with E-state index in [1.54, 1.807) is 25.5 Å². The maximum atomic E-state index is 11.4. The van der Waals surface area contributed by atoms with Crippen molar-refractivity contribution in [3.8, 4) is 0 Å². The highest BCUT2D eigenvalue weighted by Gasteiger charge is 2.28. The Morgan fingerprint density at radius 1 is 1.53 bits per heavy atom. The van der Waals surface area contributed by atoms with Crippen molar-refractivity contribution >= 4 is 11.9 Å².